The molecule has 0 aliphatic rings. The van der Waals surface area contributed by atoms with Gasteiger partial charge in [0.05, 0.1) is 5.69 Å². The molecule has 0 spiro atoms. The Morgan fingerprint density at radius 2 is 2.07 bits per heavy atom. The number of hydrogen-bond acceptors (Lipinski definition) is 2. The molecule has 70 valence electrons. The molecule has 0 N–H and O–H groups in total. The zero-order valence-electron chi connectivity index (χ0n) is 7.52. The Balaban J connectivity index is 2.19. The van der Waals surface area contributed by atoms with Gasteiger partial charge in [0.25, 0.3) is 0 Å². The van der Waals surface area contributed by atoms with E-state index in [4.69, 9.17) is 0 Å². The zero-order chi connectivity index (χ0) is 9.80. The van der Waals surface area contributed by atoms with Crippen molar-refractivity contribution in [3.8, 4) is 0 Å². The second kappa shape index (κ2) is 3.96. The SMILES string of the molecule is Fc1cccc(Cc2cccnn2)c1. The van der Waals surface area contributed by atoms with Gasteiger partial charge in [-0.05, 0) is 29.8 Å². The molecule has 14 heavy (non-hydrogen) atoms. The molecule has 0 fully saturated rings. The van der Waals surface area contributed by atoms with E-state index in [1.54, 1.807) is 12.3 Å². The molecule has 3 heteroatoms. The summed E-state index contributed by atoms with van der Waals surface area (Å²) in [4.78, 5) is 0. The monoisotopic (exact) mass is 188 g/mol. The third-order valence-corrected chi connectivity index (χ3v) is 1.90. The van der Waals surface area contributed by atoms with Gasteiger partial charge in [0, 0.05) is 12.6 Å². The number of benzene rings is 1. The highest BCUT2D eigenvalue weighted by Gasteiger charge is 1.98. The summed E-state index contributed by atoms with van der Waals surface area (Å²) in [5.41, 5.74) is 1.75. The summed E-state index contributed by atoms with van der Waals surface area (Å²) >= 11 is 0. The van der Waals surface area contributed by atoms with E-state index in [1.165, 1.54) is 12.1 Å². The summed E-state index contributed by atoms with van der Waals surface area (Å²) in [6.45, 7) is 0. The van der Waals surface area contributed by atoms with Gasteiger partial charge >= 0.3 is 0 Å². The van der Waals surface area contributed by atoms with Crippen molar-refractivity contribution < 1.29 is 4.39 Å². The predicted octanol–water partition coefficient (Wildman–Crippen LogP) is 2.21. The zero-order valence-corrected chi connectivity index (χ0v) is 7.52. The van der Waals surface area contributed by atoms with Gasteiger partial charge in [-0.15, -0.1) is 0 Å². The highest BCUT2D eigenvalue weighted by molar-refractivity contribution is 5.21. The first-order chi connectivity index (χ1) is 6.84. The average Bonchev–Trinajstić information content (AvgIpc) is 2.19. The first-order valence-electron chi connectivity index (χ1n) is 4.35. The van der Waals surface area contributed by atoms with Crippen LogP contribution in [0.1, 0.15) is 11.3 Å². The topological polar surface area (TPSA) is 25.8 Å². The maximum Gasteiger partial charge on any atom is 0.123 e. The van der Waals surface area contributed by atoms with Crippen molar-refractivity contribution in [2.24, 2.45) is 0 Å². The van der Waals surface area contributed by atoms with Crippen LogP contribution in [0.2, 0.25) is 0 Å². The van der Waals surface area contributed by atoms with Crippen LogP contribution < -0.4 is 0 Å². The van der Waals surface area contributed by atoms with Crippen molar-refractivity contribution >= 4 is 0 Å². The molecule has 0 atom stereocenters. The van der Waals surface area contributed by atoms with Crippen molar-refractivity contribution in [1.29, 1.82) is 0 Å². The van der Waals surface area contributed by atoms with Crippen molar-refractivity contribution in [3.05, 3.63) is 59.7 Å². The smallest absolute Gasteiger partial charge is 0.123 e. The summed E-state index contributed by atoms with van der Waals surface area (Å²) < 4.78 is 12.8. The highest BCUT2D eigenvalue weighted by atomic mass is 19.1. The summed E-state index contributed by atoms with van der Waals surface area (Å²) in [7, 11) is 0. The van der Waals surface area contributed by atoms with Crippen molar-refractivity contribution in [3.63, 3.8) is 0 Å². The molecule has 2 rings (SSSR count). The molecule has 1 aromatic carbocycles. The molecule has 1 heterocycles. The Labute approximate surface area is 81.4 Å². The third-order valence-electron chi connectivity index (χ3n) is 1.90. The molecule has 0 saturated carbocycles. The molecular weight excluding hydrogens is 179 g/mol. The second-order valence-electron chi connectivity index (χ2n) is 3.02. The normalized spacial score (nSPS) is 10.1. The molecule has 1 aromatic heterocycles. The van der Waals surface area contributed by atoms with Crippen LogP contribution in [0.15, 0.2) is 42.6 Å². The largest absolute Gasteiger partial charge is 0.207 e. The van der Waals surface area contributed by atoms with Gasteiger partial charge < -0.3 is 0 Å². The van der Waals surface area contributed by atoms with E-state index in [1.807, 2.05) is 18.2 Å². The Kier molecular flexibility index (Phi) is 2.49. The summed E-state index contributed by atoms with van der Waals surface area (Å²) in [5, 5.41) is 7.69. The average molecular weight is 188 g/mol. The van der Waals surface area contributed by atoms with Crippen LogP contribution in [-0.2, 0) is 6.42 Å². The Morgan fingerprint density at radius 3 is 2.79 bits per heavy atom. The van der Waals surface area contributed by atoms with Crippen molar-refractivity contribution in [1.82, 2.24) is 10.2 Å². The lowest BCUT2D eigenvalue weighted by molar-refractivity contribution is 0.626. The van der Waals surface area contributed by atoms with Gasteiger partial charge in [-0.2, -0.15) is 10.2 Å². The van der Waals surface area contributed by atoms with E-state index in [-0.39, 0.29) is 5.82 Å². The fourth-order valence-corrected chi connectivity index (χ4v) is 1.28. The molecular formula is C11H9FN2. The number of rotatable bonds is 2. The highest BCUT2D eigenvalue weighted by Crippen LogP contribution is 2.07. The van der Waals surface area contributed by atoms with Crippen LogP contribution in [0, 0.1) is 5.82 Å². The molecule has 0 aliphatic heterocycles. The van der Waals surface area contributed by atoms with Gasteiger partial charge in [-0.3, -0.25) is 0 Å². The van der Waals surface area contributed by atoms with E-state index in [2.05, 4.69) is 10.2 Å². The summed E-state index contributed by atoms with van der Waals surface area (Å²) in [6.07, 6.45) is 2.24. The minimum absolute atomic E-state index is 0.216. The predicted molar refractivity (Wildman–Crippen MR) is 51.2 cm³/mol. The summed E-state index contributed by atoms with van der Waals surface area (Å²) in [6, 6.07) is 10.2. The van der Waals surface area contributed by atoms with Gasteiger partial charge in [0.1, 0.15) is 5.82 Å². The lowest BCUT2D eigenvalue weighted by atomic mass is 10.1. The first-order valence-corrected chi connectivity index (χ1v) is 4.35. The van der Waals surface area contributed by atoms with Crippen LogP contribution in [0.4, 0.5) is 4.39 Å². The Hall–Kier alpha value is -1.77. The minimum Gasteiger partial charge on any atom is -0.207 e. The van der Waals surface area contributed by atoms with E-state index in [9.17, 15) is 4.39 Å². The Bertz CT molecular complexity index is 415. The molecule has 0 saturated heterocycles. The number of aromatic nitrogens is 2. The van der Waals surface area contributed by atoms with Gasteiger partial charge in [-0.1, -0.05) is 12.1 Å². The van der Waals surface area contributed by atoms with Gasteiger partial charge in [0.2, 0.25) is 0 Å². The van der Waals surface area contributed by atoms with Crippen LogP contribution >= 0.6 is 0 Å². The summed E-state index contributed by atoms with van der Waals surface area (Å²) in [5.74, 6) is -0.216. The van der Waals surface area contributed by atoms with Crippen molar-refractivity contribution in [2.75, 3.05) is 0 Å². The molecule has 0 radical (unpaired) electrons. The molecule has 0 aliphatic carbocycles. The fourth-order valence-electron chi connectivity index (χ4n) is 1.28. The maximum absolute atomic E-state index is 12.8. The quantitative estimate of drug-likeness (QED) is 0.722. The second-order valence-corrected chi connectivity index (χ2v) is 3.02. The van der Waals surface area contributed by atoms with Crippen LogP contribution in [0.3, 0.4) is 0 Å². The fraction of sp³-hybridized carbons (Fsp3) is 0.0909. The molecule has 0 bridgehead atoms. The lowest BCUT2D eigenvalue weighted by Crippen LogP contribution is -1.93. The number of nitrogens with zero attached hydrogens (tertiary/aromatic N) is 2. The molecule has 0 unspecified atom stereocenters. The maximum atomic E-state index is 12.8. The Morgan fingerprint density at radius 1 is 1.14 bits per heavy atom. The van der Waals surface area contributed by atoms with E-state index in [0.717, 1.165) is 11.3 Å². The number of halogens is 1. The van der Waals surface area contributed by atoms with Crippen LogP contribution in [-0.4, -0.2) is 10.2 Å². The van der Waals surface area contributed by atoms with E-state index < -0.39 is 0 Å². The molecule has 2 nitrogen and oxygen atoms in total. The van der Waals surface area contributed by atoms with E-state index in [0.29, 0.717) is 6.42 Å². The van der Waals surface area contributed by atoms with Gasteiger partial charge in [0.15, 0.2) is 0 Å². The van der Waals surface area contributed by atoms with Crippen LogP contribution in [0.5, 0.6) is 0 Å². The number of hydrogen-bond donors (Lipinski definition) is 0. The van der Waals surface area contributed by atoms with Crippen molar-refractivity contribution in [2.45, 2.75) is 6.42 Å². The molecule has 0 amide bonds. The lowest BCUT2D eigenvalue weighted by Gasteiger charge is -1.99. The molecule has 2 aromatic rings. The van der Waals surface area contributed by atoms with Crippen LogP contribution in [0.25, 0.3) is 0 Å². The first kappa shape index (κ1) is 8.81. The third kappa shape index (κ3) is 2.13. The van der Waals surface area contributed by atoms with E-state index >= 15 is 0 Å². The standard InChI is InChI=1S/C11H9FN2/c12-10-4-1-3-9(7-10)8-11-5-2-6-13-14-11/h1-7H,8H2. The van der Waals surface area contributed by atoms with Gasteiger partial charge in [-0.25, -0.2) is 4.39 Å². The minimum atomic E-state index is -0.216.